The summed E-state index contributed by atoms with van der Waals surface area (Å²) in [7, 11) is 0. The fraction of sp³-hybridized carbons (Fsp3) is 0.0408. The SMILES string of the molecule is NC(=Nc1ccccc1)c1ccccc1.Nc1cc(C2=CC=CCC2)cc(-c2cc3c4ccccc4c4ccccc4c3c3sc4ccccc4c23)c1. The average Bonchev–Trinajstić information content (AvgIpc) is 3.61. The van der Waals surface area contributed by atoms with Gasteiger partial charge in [0.05, 0.1) is 5.69 Å². The van der Waals surface area contributed by atoms with Crippen molar-refractivity contribution in [1.82, 2.24) is 0 Å². The number of amidine groups is 1. The van der Waals surface area contributed by atoms with Crippen LogP contribution in [0, 0.1) is 0 Å². The number of hydrogen-bond donors (Lipinski definition) is 2. The van der Waals surface area contributed by atoms with Gasteiger partial charge in [-0.2, -0.15) is 0 Å². The second kappa shape index (κ2) is 13.9. The number of fused-ring (bicyclic) bond motifs is 10. The first-order chi connectivity index (χ1) is 26.1. The fourth-order valence-corrected chi connectivity index (χ4v) is 8.94. The van der Waals surface area contributed by atoms with E-state index in [2.05, 4.69) is 120 Å². The van der Waals surface area contributed by atoms with Crippen LogP contribution in [-0.2, 0) is 0 Å². The monoisotopic (exact) mass is 699 g/mol. The van der Waals surface area contributed by atoms with Crippen LogP contribution < -0.4 is 11.5 Å². The summed E-state index contributed by atoms with van der Waals surface area (Å²) in [5.41, 5.74) is 20.1. The highest BCUT2D eigenvalue weighted by Crippen LogP contribution is 2.48. The standard InChI is InChI=1S/C36H25NS.C13H12N2/c37-25-19-23(22-10-2-1-3-11-22)18-24(20-25)31-21-32-28-14-5-4-12-26(28)27-13-6-7-15-29(27)34(32)36-35(31)30-16-8-9-17-33(30)38-36;14-13(11-7-3-1-4-8-11)15-12-9-5-2-6-10-12/h1-2,4-10,12-21H,3,11,37H2;1-10H,(H2,14,15). The Balaban J connectivity index is 0.000000209. The van der Waals surface area contributed by atoms with Gasteiger partial charge in [0.1, 0.15) is 5.84 Å². The van der Waals surface area contributed by atoms with E-state index >= 15 is 0 Å². The van der Waals surface area contributed by atoms with Gasteiger partial charge in [0.25, 0.3) is 0 Å². The maximum Gasteiger partial charge on any atom is 0.131 e. The van der Waals surface area contributed by atoms with Crippen molar-refractivity contribution in [1.29, 1.82) is 0 Å². The summed E-state index contributed by atoms with van der Waals surface area (Å²) >= 11 is 1.91. The molecule has 4 heteroatoms. The third-order valence-electron chi connectivity index (χ3n) is 10.1. The van der Waals surface area contributed by atoms with Crippen LogP contribution in [0.2, 0.25) is 0 Å². The molecule has 1 heterocycles. The lowest BCUT2D eigenvalue weighted by Crippen LogP contribution is -2.12. The van der Waals surface area contributed by atoms with Gasteiger partial charge in [-0.25, -0.2) is 4.99 Å². The van der Waals surface area contributed by atoms with Gasteiger partial charge in [0, 0.05) is 36.8 Å². The third kappa shape index (κ3) is 6.13. The lowest BCUT2D eigenvalue weighted by Gasteiger charge is -2.16. The van der Waals surface area contributed by atoms with Crippen molar-refractivity contribution in [3.8, 4) is 11.1 Å². The zero-order chi connectivity index (χ0) is 35.7. The van der Waals surface area contributed by atoms with Crippen molar-refractivity contribution in [3.63, 3.8) is 0 Å². The highest BCUT2D eigenvalue weighted by atomic mass is 32.1. The Hall–Kier alpha value is -6.49. The number of nitrogens with zero attached hydrogens (tertiary/aromatic N) is 1. The summed E-state index contributed by atoms with van der Waals surface area (Å²) in [6.07, 6.45) is 8.75. The van der Waals surface area contributed by atoms with Gasteiger partial charge < -0.3 is 11.5 Å². The molecule has 1 aliphatic rings. The molecule has 9 aromatic rings. The molecule has 1 aromatic heterocycles. The number of allylic oxidation sites excluding steroid dienone is 4. The first-order valence-electron chi connectivity index (χ1n) is 18.0. The number of benzene rings is 8. The molecule has 0 saturated heterocycles. The molecule has 0 fully saturated rings. The van der Waals surface area contributed by atoms with E-state index in [1.807, 2.05) is 72.0 Å². The molecule has 10 rings (SSSR count). The number of rotatable bonds is 4. The molecule has 0 unspecified atom stereocenters. The zero-order valence-corrected chi connectivity index (χ0v) is 30.0. The van der Waals surface area contributed by atoms with E-state index in [0.29, 0.717) is 5.84 Å². The fourth-order valence-electron chi connectivity index (χ4n) is 7.65. The average molecular weight is 700 g/mol. The summed E-state index contributed by atoms with van der Waals surface area (Å²) in [5, 5.41) is 10.5. The van der Waals surface area contributed by atoms with Crippen molar-refractivity contribution in [2.24, 2.45) is 10.7 Å². The highest BCUT2D eigenvalue weighted by Gasteiger charge is 2.19. The molecule has 0 aliphatic heterocycles. The van der Waals surface area contributed by atoms with Crippen molar-refractivity contribution < 1.29 is 0 Å². The van der Waals surface area contributed by atoms with Gasteiger partial charge >= 0.3 is 0 Å². The van der Waals surface area contributed by atoms with Gasteiger partial charge in [0.2, 0.25) is 0 Å². The minimum atomic E-state index is 0.543. The maximum atomic E-state index is 6.57. The van der Waals surface area contributed by atoms with Crippen LogP contribution in [0.25, 0.3) is 69.2 Å². The smallest absolute Gasteiger partial charge is 0.131 e. The third-order valence-corrected chi connectivity index (χ3v) is 11.3. The predicted octanol–water partition coefficient (Wildman–Crippen LogP) is 13.2. The zero-order valence-electron chi connectivity index (χ0n) is 29.2. The first-order valence-corrected chi connectivity index (χ1v) is 18.8. The molecule has 0 amide bonds. The van der Waals surface area contributed by atoms with E-state index in [1.165, 1.54) is 74.8 Å². The summed E-state index contributed by atoms with van der Waals surface area (Å²) in [5.74, 6) is 0.543. The van der Waals surface area contributed by atoms with Crippen LogP contribution >= 0.6 is 11.3 Å². The van der Waals surface area contributed by atoms with Crippen LogP contribution in [0.15, 0.2) is 181 Å². The molecule has 0 atom stereocenters. The molecule has 3 nitrogen and oxygen atoms in total. The quantitative estimate of drug-likeness (QED) is 0.0831. The van der Waals surface area contributed by atoms with Crippen molar-refractivity contribution in [2.45, 2.75) is 12.8 Å². The van der Waals surface area contributed by atoms with Gasteiger partial charge in [-0.05, 0) is 105 Å². The normalized spacial score (nSPS) is 13.1. The van der Waals surface area contributed by atoms with Gasteiger partial charge in [-0.3, -0.25) is 0 Å². The lowest BCUT2D eigenvalue weighted by molar-refractivity contribution is 1.05. The molecule has 8 aromatic carbocycles. The van der Waals surface area contributed by atoms with Crippen LogP contribution in [0.4, 0.5) is 11.4 Å². The Bertz CT molecular complexity index is 2900. The number of aliphatic imine (C=N–C) groups is 1. The van der Waals surface area contributed by atoms with Crippen molar-refractivity contribution >= 4 is 86.6 Å². The number of para-hydroxylation sites is 1. The van der Waals surface area contributed by atoms with E-state index < -0.39 is 0 Å². The van der Waals surface area contributed by atoms with E-state index in [-0.39, 0.29) is 0 Å². The Morgan fingerprint density at radius 2 is 1.17 bits per heavy atom. The molecule has 0 radical (unpaired) electrons. The number of thiophene rings is 1. The molecule has 0 saturated carbocycles. The summed E-state index contributed by atoms with van der Waals surface area (Å²) < 4.78 is 2.67. The highest BCUT2D eigenvalue weighted by molar-refractivity contribution is 7.27. The van der Waals surface area contributed by atoms with Crippen molar-refractivity contribution in [2.75, 3.05) is 5.73 Å². The Labute approximate surface area is 312 Å². The van der Waals surface area contributed by atoms with Crippen LogP contribution in [0.1, 0.15) is 24.0 Å². The van der Waals surface area contributed by atoms with Crippen LogP contribution in [-0.4, -0.2) is 5.84 Å². The number of nitrogen functional groups attached to an aromatic ring is 1. The van der Waals surface area contributed by atoms with E-state index in [0.717, 1.165) is 29.8 Å². The molecule has 254 valence electrons. The predicted molar refractivity (Wildman–Crippen MR) is 231 cm³/mol. The summed E-state index contributed by atoms with van der Waals surface area (Å²) in [6, 6.07) is 55.0. The Morgan fingerprint density at radius 1 is 0.566 bits per heavy atom. The molecule has 4 N–H and O–H groups in total. The molecule has 53 heavy (non-hydrogen) atoms. The number of nitrogens with two attached hydrogens (primary N) is 2. The van der Waals surface area contributed by atoms with Crippen LogP contribution in [0.5, 0.6) is 0 Å². The molecular formula is C49H37N3S. The topological polar surface area (TPSA) is 64.4 Å². The van der Waals surface area contributed by atoms with Gasteiger partial charge in [-0.1, -0.05) is 133 Å². The molecular weight excluding hydrogens is 663 g/mol. The second-order valence-electron chi connectivity index (χ2n) is 13.4. The van der Waals surface area contributed by atoms with E-state index in [4.69, 9.17) is 11.5 Å². The van der Waals surface area contributed by atoms with Crippen molar-refractivity contribution in [3.05, 3.63) is 187 Å². The minimum Gasteiger partial charge on any atom is -0.399 e. The van der Waals surface area contributed by atoms with E-state index in [1.54, 1.807) is 0 Å². The minimum absolute atomic E-state index is 0.543. The molecule has 1 aliphatic carbocycles. The number of anilines is 1. The maximum absolute atomic E-state index is 6.57. The largest absolute Gasteiger partial charge is 0.399 e. The first kappa shape index (κ1) is 32.4. The number of hydrogen-bond acceptors (Lipinski definition) is 3. The van der Waals surface area contributed by atoms with Crippen LogP contribution in [0.3, 0.4) is 0 Å². The summed E-state index contributed by atoms with van der Waals surface area (Å²) in [6.45, 7) is 0. The Kier molecular flexibility index (Phi) is 8.51. The Morgan fingerprint density at radius 3 is 1.89 bits per heavy atom. The molecule has 0 bridgehead atoms. The second-order valence-corrected chi connectivity index (χ2v) is 14.5. The molecule has 0 spiro atoms. The summed E-state index contributed by atoms with van der Waals surface area (Å²) in [4.78, 5) is 4.32. The van der Waals surface area contributed by atoms with Gasteiger partial charge in [0.15, 0.2) is 0 Å². The van der Waals surface area contributed by atoms with E-state index in [9.17, 15) is 0 Å². The van der Waals surface area contributed by atoms with Gasteiger partial charge in [-0.15, -0.1) is 11.3 Å². The lowest BCUT2D eigenvalue weighted by atomic mass is 9.88.